The molecule has 2 rings (SSSR count). The number of hydrogen-bond donors (Lipinski definition) is 1. The third-order valence-electron chi connectivity index (χ3n) is 3.11. The van der Waals surface area contributed by atoms with Crippen LogP contribution < -0.4 is 5.32 Å². The fourth-order valence-electron chi connectivity index (χ4n) is 2.13. The summed E-state index contributed by atoms with van der Waals surface area (Å²) in [6, 6.07) is 0.548. The van der Waals surface area contributed by atoms with E-state index in [1.54, 1.807) is 0 Å². The molecule has 2 heterocycles. The monoisotopic (exact) mass is 223 g/mol. The smallest absolute Gasteiger partial charge is 0.0563 e. The molecule has 1 saturated heterocycles. The summed E-state index contributed by atoms with van der Waals surface area (Å²) >= 11 is 0. The average molecular weight is 223 g/mol. The normalized spacial score (nSPS) is 17.8. The summed E-state index contributed by atoms with van der Waals surface area (Å²) in [7, 11) is 1.99. The van der Waals surface area contributed by atoms with Gasteiger partial charge in [-0.15, -0.1) is 0 Å². The van der Waals surface area contributed by atoms with Crippen molar-refractivity contribution in [3.8, 4) is 0 Å². The number of nitrogens with one attached hydrogen (secondary N) is 1. The van der Waals surface area contributed by atoms with Crippen molar-refractivity contribution in [2.45, 2.75) is 31.7 Å². The minimum absolute atomic E-state index is 0.548. The van der Waals surface area contributed by atoms with E-state index in [9.17, 15) is 0 Å². The Morgan fingerprint density at radius 2 is 2.31 bits per heavy atom. The van der Waals surface area contributed by atoms with Crippen molar-refractivity contribution in [2.75, 3.05) is 26.8 Å². The second-order valence-corrected chi connectivity index (χ2v) is 4.38. The van der Waals surface area contributed by atoms with E-state index in [-0.39, 0.29) is 0 Å². The Morgan fingerprint density at radius 3 is 3.06 bits per heavy atom. The van der Waals surface area contributed by atoms with E-state index in [1.165, 1.54) is 12.0 Å². The van der Waals surface area contributed by atoms with Crippen LogP contribution in [-0.2, 0) is 11.2 Å². The molecule has 16 heavy (non-hydrogen) atoms. The van der Waals surface area contributed by atoms with E-state index in [1.807, 2.05) is 13.2 Å². The molecule has 0 unspecified atom stereocenters. The van der Waals surface area contributed by atoms with E-state index in [0.717, 1.165) is 39.0 Å². The molecule has 0 atom stereocenters. The Labute approximate surface area is 97.0 Å². The Balaban J connectivity index is 1.85. The maximum absolute atomic E-state index is 5.36. The Kier molecular flexibility index (Phi) is 4.36. The Hall–Kier alpha value is -0.870. The zero-order valence-electron chi connectivity index (χ0n) is 9.98. The second kappa shape index (κ2) is 6.01. The number of ether oxygens (including phenoxy) is 1. The molecule has 0 aromatic carbocycles. The van der Waals surface area contributed by atoms with Gasteiger partial charge in [0.2, 0.25) is 0 Å². The van der Waals surface area contributed by atoms with Crippen LogP contribution in [0.1, 0.15) is 30.9 Å². The minimum atomic E-state index is 0.548. The molecule has 4 nitrogen and oxygen atoms in total. The third-order valence-corrected chi connectivity index (χ3v) is 3.11. The van der Waals surface area contributed by atoms with Gasteiger partial charge in [-0.2, -0.15) is 5.10 Å². The van der Waals surface area contributed by atoms with E-state index >= 15 is 0 Å². The summed E-state index contributed by atoms with van der Waals surface area (Å²) in [6.07, 6.45) is 8.69. The molecule has 4 heteroatoms. The van der Waals surface area contributed by atoms with Crippen molar-refractivity contribution >= 4 is 0 Å². The molecule has 0 spiro atoms. The first-order chi connectivity index (χ1) is 7.90. The topological polar surface area (TPSA) is 39.1 Å². The molecule has 90 valence electrons. The maximum atomic E-state index is 5.36. The Morgan fingerprint density at radius 1 is 1.50 bits per heavy atom. The third kappa shape index (κ3) is 3.06. The van der Waals surface area contributed by atoms with Gasteiger partial charge in [0.25, 0.3) is 0 Å². The molecular weight excluding hydrogens is 202 g/mol. The lowest BCUT2D eigenvalue weighted by Gasteiger charge is -2.22. The molecule has 1 aliphatic rings. The van der Waals surface area contributed by atoms with Crippen molar-refractivity contribution in [1.82, 2.24) is 15.1 Å². The molecule has 0 bridgehead atoms. The molecule has 1 aromatic rings. The van der Waals surface area contributed by atoms with Gasteiger partial charge in [-0.05, 0) is 44.8 Å². The van der Waals surface area contributed by atoms with Crippen LogP contribution in [-0.4, -0.2) is 36.6 Å². The average Bonchev–Trinajstić information content (AvgIpc) is 2.79. The van der Waals surface area contributed by atoms with Crippen LogP contribution in [0.25, 0.3) is 0 Å². The molecule has 0 radical (unpaired) electrons. The number of aromatic nitrogens is 2. The van der Waals surface area contributed by atoms with Crippen LogP contribution >= 0.6 is 0 Å². The summed E-state index contributed by atoms with van der Waals surface area (Å²) in [6.45, 7) is 2.82. The van der Waals surface area contributed by atoms with Crippen molar-refractivity contribution in [3.05, 3.63) is 18.0 Å². The van der Waals surface area contributed by atoms with Crippen molar-refractivity contribution in [2.24, 2.45) is 0 Å². The fraction of sp³-hybridized carbons (Fsp3) is 0.750. The van der Waals surface area contributed by atoms with Gasteiger partial charge >= 0.3 is 0 Å². The standard InChI is InChI=1S/C12H21N3O/c1-13-6-2-3-11-9-14-15(10-11)12-4-7-16-8-5-12/h9-10,12-13H,2-8H2,1H3. The molecule has 1 fully saturated rings. The van der Waals surface area contributed by atoms with E-state index in [0.29, 0.717) is 6.04 Å². The van der Waals surface area contributed by atoms with E-state index < -0.39 is 0 Å². The summed E-state index contributed by atoms with van der Waals surface area (Å²) in [5.41, 5.74) is 1.35. The van der Waals surface area contributed by atoms with Crippen molar-refractivity contribution < 1.29 is 4.74 Å². The molecule has 1 aliphatic heterocycles. The minimum Gasteiger partial charge on any atom is -0.381 e. The predicted octanol–water partition coefficient (Wildman–Crippen LogP) is 1.39. The van der Waals surface area contributed by atoms with E-state index in [4.69, 9.17) is 4.74 Å². The lowest BCUT2D eigenvalue weighted by Crippen LogP contribution is -2.19. The van der Waals surface area contributed by atoms with Gasteiger partial charge in [0.15, 0.2) is 0 Å². The van der Waals surface area contributed by atoms with Gasteiger partial charge in [0.05, 0.1) is 12.2 Å². The molecule has 1 aromatic heterocycles. The highest BCUT2D eigenvalue weighted by atomic mass is 16.5. The van der Waals surface area contributed by atoms with Gasteiger partial charge in [-0.1, -0.05) is 0 Å². The first-order valence-electron chi connectivity index (χ1n) is 6.15. The zero-order chi connectivity index (χ0) is 11.2. The first-order valence-corrected chi connectivity index (χ1v) is 6.15. The number of rotatable bonds is 5. The Bertz CT molecular complexity index is 305. The lowest BCUT2D eigenvalue weighted by atomic mass is 10.1. The van der Waals surface area contributed by atoms with Crippen LogP contribution in [0, 0.1) is 0 Å². The molecule has 0 amide bonds. The van der Waals surface area contributed by atoms with Gasteiger partial charge in [-0.3, -0.25) is 4.68 Å². The van der Waals surface area contributed by atoms with Crippen LogP contribution in [0.5, 0.6) is 0 Å². The maximum Gasteiger partial charge on any atom is 0.0563 e. The van der Waals surface area contributed by atoms with Crippen LogP contribution in [0.4, 0.5) is 0 Å². The highest BCUT2D eigenvalue weighted by Crippen LogP contribution is 2.20. The largest absolute Gasteiger partial charge is 0.381 e. The SMILES string of the molecule is CNCCCc1cnn(C2CCOCC2)c1. The fourth-order valence-corrected chi connectivity index (χ4v) is 2.13. The molecular formula is C12H21N3O. The zero-order valence-corrected chi connectivity index (χ0v) is 9.98. The summed E-state index contributed by atoms with van der Waals surface area (Å²) in [5.74, 6) is 0. The number of aryl methyl sites for hydroxylation is 1. The number of hydrogen-bond acceptors (Lipinski definition) is 3. The van der Waals surface area contributed by atoms with E-state index in [2.05, 4.69) is 21.3 Å². The van der Waals surface area contributed by atoms with Gasteiger partial charge in [0, 0.05) is 19.4 Å². The summed E-state index contributed by atoms with van der Waals surface area (Å²) < 4.78 is 7.48. The second-order valence-electron chi connectivity index (χ2n) is 4.38. The highest BCUT2D eigenvalue weighted by molar-refractivity contribution is 5.04. The first kappa shape index (κ1) is 11.6. The van der Waals surface area contributed by atoms with Crippen LogP contribution in [0.2, 0.25) is 0 Å². The molecule has 0 saturated carbocycles. The van der Waals surface area contributed by atoms with Crippen LogP contribution in [0.3, 0.4) is 0 Å². The highest BCUT2D eigenvalue weighted by Gasteiger charge is 2.16. The number of nitrogens with zero attached hydrogens (tertiary/aromatic N) is 2. The van der Waals surface area contributed by atoms with Gasteiger partial charge in [-0.25, -0.2) is 0 Å². The lowest BCUT2D eigenvalue weighted by molar-refractivity contribution is 0.0662. The predicted molar refractivity (Wildman–Crippen MR) is 63.6 cm³/mol. The summed E-state index contributed by atoms with van der Waals surface area (Å²) in [4.78, 5) is 0. The molecule has 0 aliphatic carbocycles. The van der Waals surface area contributed by atoms with Gasteiger partial charge in [0.1, 0.15) is 0 Å². The van der Waals surface area contributed by atoms with Crippen molar-refractivity contribution in [3.63, 3.8) is 0 Å². The quantitative estimate of drug-likeness (QED) is 0.767. The van der Waals surface area contributed by atoms with Crippen molar-refractivity contribution in [1.29, 1.82) is 0 Å². The summed E-state index contributed by atoms with van der Waals surface area (Å²) in [5, 5.41) is 7.62. The molecule has 1 N–H and O–H groups in total. The van der Waals surface area contributed by atoms with Crippen LogP contribution in [0.15, 0.2) is 12.4 Å². The van der Waals surface area contributed by atoms with Gasteiger partial charge < -0.3 is 10.1 Å².